The zero-order chi connectivity index (χ0) is 15.8. The van der Waals surface area contributed by atoms with Crippen LogP contribution in [-0.4, -0.2) is 35.6 Å². The molecule has 1 N–H and O–H groups in total. The average Bonchev–Trinajstić information content (AvgIpc) is 3.20. The molecule has 118 valence electrons. The first kappa shape index (κ1) is 15.8. The molecule has 0 unspecified atom stereocenters. The first-order valence-electron chi connectivity index (χ1n) is 7.22. The molecule has 22 heavy (non-hydrogen) atoms. The third-order valence-electron chi connectivity index (χ3n) is 3.03. The van der Waals surface area contributed by atoms with Gasteiger partial charge in [0.25, 0.3) is 6.01 Å². The zero-order valence-electron chi connectivity index (χ0n) is 12.4. The van der Waals surface area contributed by atoms with Gasteiger partial charge in [0.2, 0.25) is 5.56 Å². The van der Waals surface area contributed by atoms with Gasteiger partial charge in [0, 0.05) is 25.4 Å². The van der Waals surface area contributed by atoms with Crippen molar-refractivity contribution in [3.8, 4) is 0 Å². The second-order valence-corrected chi connectivity index (χ2v) is 4.66. The number of anilines is 1. The van der Waals surface area contributed by atoms with E-state index in [0.717, 1.165) is 25.9 Å². The Labute approximate surface area is 127 Å². The van der Waals surface area contributed by atoms with Gasteiger partial charge in [0.15, 0.2) is 5.69 Å². The summed E-state index contributed by atoms with van der Waals surface area (Å²) in [4.78, 5) is 30.1. The van der Waals surface area contributed by atoms with E-state index in [1.165, 1.54) is 12.3 Å². The van der Waals surface area contributed by atoms with Gasteiger partial charge in [-0.15, -0.1) is 0 Å². The molecule has 0 saturated carbocycles. The van der Waals surface area contributed by atoms with E-state index in [4.69, 9.17) is 9.15 Å². The fourth-order valence-corrected chi connectivity index (χ4v) is 1.99. The van der Waals surface area contributed by atoms with Crippen LogP contribution in [0.3, 0.4) is 0 Å². The summed E-state index contributed by atoms with van der Waals surface area (Å²) < 4.78 is 10.1. The Bertz CT molecular complexity index is 626. The summed E-state index contributed by atoms with van der Waals surface area (Å²) in [6.45, 7) is 4.01. The lowest BCUT2D eigenvalue weighted by Gasteiger charge is -2.10. The van der Waals surface area contributed by atoms with Crippen molar-refractivity contribution in [3.05, 3.63) is 46.7 Å². The Balaban J connectivity index is 0.000000211. The number of aromatic amines is 1. The van der Waals surface area contributed by atoms with Gasteiger partial charge in [-0.1, -0.05) is 6.07 Å². The van der Waals surface area contributed by atoms with Crippen LogP contribution in [0.4, 0.5) is 6.01 Å². The van der Waals surface area contributed by atoms with E-state index in [-0.39, 0.29) is 11.3 Å². The highest BCUT2D eigenvalue weighted by Gasteiger charge is 2.20. The van der Waals surface area contributed by atoms with Gasteiger partial charge >= 0.3 is 5.97 Å². The number of oxazole rings is 1. The molecule has 0 aromatic carbocycles. The largest absolute Gasteiger partial charge is 0.461 e. The second kappa shape index (κ2) is 8.02. The van der Waals surface area contributed by atoms with Crippen LogP contribution in [0.15, 0.2) is 39.9 Å². The molecular formula is C15H19N3O4. The number of carbonyl (C=O) groups excluding carboxylic acids is 1. The van der Waals surface area contributed by atoms with Crippen LogP contribution in [0.5, 0.6) is 0 Å². The molecule has 0 aliphatic carbocycles. The first-order valence-corrected chi connectivity index (χ1v) is 7.22. The van der Waals surface area contributed by atoms with Gasteiger partial charge in [-0.2, -0.15) is 4.98 Å². The number of nitrogens with one attached hydrogen (secondary N) is 1. The van der Waals surface area contributed by atoms with Crippen LogP contribution in [-0.2, 0) is 4.74 Å². The van der Waals surface area contributed by atoms with Crippen molar-refractivity contribution >= 4 is 12.0 Å². The van der Waals surface area contributed by atoms with Crippen molar-refractivity contribution in [1.82, 2.24) is 9.97 Å². The van der Waals surface area contributed by atoms with Crippen molar-refractivity contribution in [2.45, 2.75) is 19.8 Å². The van der Waals surface area contributed by atoms with Crippen molar-refractivity contribution in [3.63, 3.8) is 0 Å². The summed E-state index contributed by atoms with van der Waals surface area (Å²) in [6, 6.07) is 5.45. The summed E-state index contributed by atoms with van der Waals surface area (Å²) in [5.41, 5.74) is 0.196. The molecule has 1 aliphatic heterocycles. The predicted molar refractivity (Wildman–Crippen MR) is 81.0 cm³/mol. The third-order valence-corrected chi connectivity index (χ3v) is 3.03. The number of rotatable bonds is 3. The van der Waals surface area contributed by atoms with E-state index in [1.807, 2.05) is 4.90 Å². The molecule has 1 saturated heterocycles. The number of aromatic nitrogens is 2. The lowest BCUT2D eigenvalue weighted by Crippen LogP contribution is -2.18. The summed E-state index contributed by atoms with van der Waals surface area (Å²) in [5.74, 6) is -0.424. The Morgan fingerprint density at radius 1 is 1.41 bits per heavy atom. The smallest absolute Gasteiger partial charge is 0.360 e. The molecule has 2 aromatic rings. The SMILES string of the molecule is CCOC(=O)c1coc(N2CCCC2)n1.O=c1cccc[nH]1. The third kappa shape index (κ3) is 4.47. The van der Waals surface area contributed by atoms with E-state index in [1.54, 1.807) is 25.3 Å². The van der Waals surface area contributed by atoms with Gasteiger partial charge in [0.1, 0.15) is 6.26 Å². The molecule has 0 amide bonds. The summed E-state index contributed by atoms with van der Waals surface area (Å²) in [5, 5.41) is 0. The fraction of sp³-hybridized carbons (Fsp3) is 0.400. The van der Waals surface area contributed by atoms with Crippen molar-refractivity contribution in [1.29, 1.82) is 0 Å². The molecule has 0 atom stereocenters. The number of hydrogen-bond acceptors (Lipinski definition) is 6. The number of ether oxygens (including phenoxy) is 1. The molecule has 1 fully saturated rings. The van der Waals surface area contributed by atoms with Crippen LogP contribution in [0.1, 0.15) is 30.3 Å². The topological polar surface area (TPSA) is 88.4 Å². The average molecular weight is 305 g/mol. The summed E-state index contributed by atoms with van der Waals surface area (Å²) in [7, 11) is 0. The van der Waals surface area contributed by atoms with E-state index >= 15 is 0 Å². The second-order valence-electron chi connectivity index (χ2n) is 4.66. The number of esters is 1. The molecular weight excluding hydrogens is 286 g/mol. The maximum atomic E-state index is 11.3. The highest BCUT2D eigenvalue weighted by atomic mass is 16.5. The number of carbonyl (C=O) groups is 1. The number of hydrogen-bond donors (Lipinski definition) is 1. The van der Waals surface area contributed by atoms with Gasteiger partial charge in [0.05, 0.1) is 6.61 Å². The van der Waals surface area contributed by atoms with Crippen molar-refractivity contribution < 1.29 is 13.9 Å². The Kier molecular flexibility index (Phi) is 5.76. The molecule has 7 heteroatoms. The molecule has 0 bridgehead atoms. The van der Waals surface area contributed by atoms with E-state index < -0.39 is 5.97 Å². The lowest BCUT2D eigenvalue weighted by molar-refractivity contribution is 0.0519. The van der Waals surface area contributed by atoms with Crippen molar-refractivity contribution in [2.75, 3.05) is 24.6 Å². The Morgan fingerprint density at radius 3 is 2.73 bits per heavy atom. The highest BCUT2D eigenvalue weighted by Crippen LogP contribution is 2.19. The summed E-state index contributed by atoms with van der Waals surface area (Å²) in [6.07, 6.45) is 5.25. The predicted octanol–water partition coefficient (Wildman–Crippen LogP) is 1.83. The van der Waals surface area contributed by atoms with E-state index in [0.29, 0.717) is 12.6 Å². The molecule has 7 nitrogen and oxygen atoms in total. The molecule has 3 rings (SSSR count). The van der Waals surface area contributed by atoms with E-state index in [2.05, 4.69) is 9.97 Å². The van der Waals surface area contributed by atoms with Crippen LogP contribution >= 0.6 is 0 Å². The first-order chi connectivity index (χ1) is 10.7. The standard InChI is InChI=1S/C10H14N2O3.C5H5NO/c1-2-14-9(13)8-7-15-10(11-8)12-5-3-4-6-12;7-5-3-1-2-4-6-5/h7H,2-6H2,1H3;1-4H,(H,6,7). The van der Waals surface area contributed by atoms with Gasteiger partial charge < -0.3 is 19.0 Å². The molecule has 0 spiro atoms. The Morgan fingerprint density at radius 2 is 2.18 bits per heavy atom. The van der Waals surface area contributed by atoms with Gasteiger partial charge in [-0.05, 0) is 25.8 Å². The van der Waals surface area contributed by atoms with Crippen LogP contribution < -0.4 is 10.5 Å². The van der Waals surface area contributed by atoms with Gasteiger partial charge in [-0.3, -0.25) is 4.79 Å². The number of pyridine rings is 1. The maximum Gasteiger partial charge on any atom is 0.360 e. The molecule has 1 aliphatic rings. The zero-order valence-corrected chi connectivity index (χ0v) is 12.4. The van der Waals surface area contributed by atoms with E-state index in [9.17, 15) is 9.59 Å². The number of nitrogens with zero attached hydrogens (tertiary/aromatic N) is 2. The number of H-pyrrole nitrogens is 1. The summed E-state index contributed by atoms with van der Waals surface area (Å²) >= 11 is 0. The monoisotopic (exact) mass is 305 g/mol. The fourth-order valence-electron chi connectivity index (χ4n) is 1.99. The van der Waals surface area contributed by atoms with Crippen LogP contribution in [0.2, 0.25) is 0 Å². The molecule has 3 heterocycles. The highest BCUT2D eigenvalue weighted by molar-refractivity contribution is 5.87. The molecule has 2 aromatic heterocycles. The lowest BCUT2D eigenvalue weighted by atomic mass is 10.4. The van der Waals surface area contributed by atoms with Crippen LogP contribution in [0, 0.1) is 0 Å². The molecule has 0 radical (unpaired) electrons. The minimum absolute atomic E-state index is 0.0532. The quantitative estimate of drug-likeness (QED) is 0.870. The minimum Gasteiger partial charge on any atom is -0.461 e. The van der Waals surface area contributed by atoms with Gasteiger partial charge in [-0.25, -0.2) is 4.79 Å². The minimum atomic E-state index is -0.424. The normalized spacial score (nSPS) is 13.4. The maximum absolute atomic E-state index is 11.3. The Hall–Kier alpha value is -2.57. The van der Waals surface area contributed by atoms with Crippen LogP contribution in [0.25, 0.3) is 0 Å². The van der Waals surface area contributed by atoms with Crippen molar-refractivity contribution in [2.24, 2.45) is 0 Å².